The molecular formula is C27H34N4O2. The van der Waals surface area contributed by atoms with Gasteiger partial charge >= 0.3 is 0 Å². The standard InChI is InChI=1S/C27H34N4O2/c1-2-3-8-17-28-26(32)21-13-16-23-24(18-21)31-25(30-23)19-11-14-22(15-12-19)29-27(33)20-9-6-4-5-7-10-20/h11-16,18,20H,2-10,17H2,1H3,(H,28,32)(H,29,33)(H,30,31). The van der Waals surface area contributed by atoms with Crippen molar-refractivity contribution < 1.29 is 9.59 Å². The Morgan fingerprint density at radius 1 is 1.00 bits per heavy atom. The summed E-state index contributed by atoms with van der Waals surface area (Å²) >= 11 is 0. The third-order valence-corrected chi connectivity index (χ3v) is 6.46. The summed E-state index contributed by atoms with van der Waals surface area (Å²) in [5.41, 5.74) is 4.01. The van der Waals surface area contributed by atoms with Gasteiger partial charge in [-0.2, -0.15) is 0 Å². The molecule has 0 radical (unpaired) electrons. The van der Waals surface area contributed by atoms with E-state index >= 15 is 0 Å². The van der Waals surface area contributed by atoms with Crippen molar-refractivity contribution in [1.29, 1.82) is 0 Å². The first-order chi connectivity index (χ1) is 16.1. The summed E-state index contributed by atoms with van der Waals surface area (Å²) in [6.07, 6.45) is 9.98. The fraction of sp³-hybridized carbons (Fsp3) is 0.444. The number of nitrogens with zero attached hydrogens (tertiary/aromatic N) is 1. The topological polar surface area (TPSA) is 86.9 Å². The molecule has 33 heavy (non-hydrogen) atoms. The number of imidazole rings is 1. The average Bonchev–Trinajstić information content (AvgIpc) is 3.06. The molecule has 1 heterocycles. The summed E-state index contributed by atoms with van der Waals surface area (Å²) in [7, 11) is 0. The lowest BCUT2D eigenvalue weighted by Crippen LogP contribution is -2.24. The van der Waals surface area contributed by atoms with Crippen LogP contribution >= 0.6 is 0 Å². The molecule has 0 saturated heterocycles. The van der Waals surface area contributed by atoms with Crippen LogP contribution in [-0.4, -0.2) is 28.3 Å². The predicted molar refractivity (Wildman–Crippen MR) is 133 cm³/mol. The second kappa shape index (κ2) is 11.1. The Morgan fingerprint density at radius 2 is 1.76 bits per heavy atom. The van der Waals surface area contributed by atoms with E-state index in [9.17, 15) is 9.59 Å². The van der Waals surface area contributed by atoms with Gasteiger partial charge in [0.1, 0.15) is 5.82 Å². The molecule has 174 valence electrons. The maximum atomic E-state index is 12.6. The van der Waals surface area contributed by atoms with Crippen LogP contribution in [0.3, 0.4) is 0 Å². The first kappa shape index (κ1) is 23.0. The van der Waals surface area contributed by atoms with Crippen LogP contribution in [0.25, 0.3) is 22.4 Å². The number of hydrogen-bond acceptors (Lipinski definition) is 3. The van der Waals surface area contributed by atoms with E-state index in [1.165, 1.54) is 12.8 Å². The van der Waals surface area contributed by atoms with Crippen LogP contribution in [-0.2, 0) is 4.79 Å². The minimum absolute atomic E-state index is 0.0636. The van der Waals surface area contributed by atoms with Gasteiger partial charge in [-0.25, -0.2) is 4.98 Å². The van der Waals surface area contributed by atoms with Crippen molar-refractivity contribution in [3.8, 4) is 11.4 Å². The third kappa shape index (κ3) is 6.01. The summed E-state index contributed by atoms with van der Waals surface area (Å²) in [5.74, 6) is 0.938. The van der Waals surface area contributed by atoms with Crippen LogP contribution in [0, 0.1) is 5.92 Å². The van der Waals surface area contributed by atoms with Gasteiger partial charge < -0.3 is 15.6 Å². The number of amides is 2. The second-order valence-corrected chi connectivity index (χ2v) is 9.04. The van der Waals surface area contributed by atoms with Gasteiger partial charge in [0, 0.05) is 29.3 Å². The molecule has 0 spiro atoms. The Kier molecular flexibility index (Phi) is 7.76. The van der Waals surface area contributed by atoms with E-state index < -0.39 is 0 Å². The first-order valence-electron chi connectivity index (χ1n) is 12.3. The molecule has 1 aliphatic rings. The van der Waals surface area contributed by atoms with Gasteiger partial charge in [0.05, 0.1) is 11.0 Å². The van der Waals surface area contributed by atoms with E-state index in [2.05, 4.69) is 27.5 Å². The number of hydrogen-bond donors (Lipinski definition) is 3. The van der Waals surface area contributed by atoms with Crippen molar-refractivity contribution in [3.63, 3.8) is 0 Å². The normalized spacial score (nSPS) is 14.7. The zero-order chi connectivity index (χ0) is 23.0. The van der Waals surface area contributed by atoms with Crippen LogP contribution in [0.2, 0.25) is 0 Å². The Hall–Kier alpha value is -3.15. The van der Waals surface area contributed by atoms with Crippen molar-refractivity contribution in [2.75, 3.05) is 11.9 Å². The highest BCUT2D eigenvalue weighted by Crippen LogP contribution is 2.26. The molecule has 6 nitrogen and oxygen atoms in total. The maximum Gasteiger partial charge on any atom is 0.251 e. The lowest BCUT2D eigenvalue weighted by molar-refractivity contribution is -0.120. The molecule has 2 amide bonds. The fourth-order valence-corrected chi connectivity index (χ4v) is 4.46. The molecule has 1 fully saturated rings. The number of rotatable bonds is 8. The van der Waals surface area contributed by atoms with Crippen LogP contribution in [0.15, 0.2) is 42.5 Å². The van der Waals surface area contributed by atoms with Crippen LogP contribution < -0.4 is 10.6 Å². The van der Waals surface area contributed by atoms with Crippen LogP contribution in [0.5, 0.6) is 0 Å². The minimum atomic E-state index is -0.0636. The van der Waals surface area contributed by atoms with E-state index in [4.69, 9.17) is 0 Å². The molecule has 0 unspecified atom stereocenters. The number of nitrogens with one attached hydrogen (secondary N) is 3. The predicted octanol–water partition coefficient (Wildman–Crippen LogP) is 6.06. The number of fused-ring (bicyclic) bond motifs is 1. The summed E-state index contributed by atoms with van der Waals surface area (Å²) in [5, 5.41) is 6.05. The first-order valence-corrected chi connectivity index (χ1v) is 12.3. The smallest absolute Gasteiger partial charge is 0.251 e. The summed E-state index contributed by atoms with van der Waals surface area (Å²) < 4.78 is 0. The summed E-state index contributed by atoms with van der Waals surface area (Å²) in [6.45, 7) is 2.84. The Balaban J connectivity index is 1.41. The highest BCUT2D eigenvalue weighted by Gasteiger charge is 2.20. The zero-order valence-electron chi connectivity index (χ0n) is 19.5. The molecule has 1 saturated carbocycles. The SMILES string of the molecule is CCCCCNC(=O)c1ccc2[nH]c(-c3ccc(NC(=O)C4CCCCCC4)cc3)nc2c1. The highest BCUT2D eigenvalue weighted by molar-refractivity contribution is 5.97. The number of H-pyrrole nitrogens is 1. The molecule has 2 aromatic carbocycles. The number of carbonyl (C=O) groups is 2. The average molecular weight is 447 g/mol. The quantitative estimate of drug-likeness (QED) is 0.290. The molecule has 0 atom stereocenters. The van der Waals surface area contributed by atoms with Crippen molar-refractivity contribution in [1.82, 2.24) is 15.3 Å². The van der Waals surface area contributed by atoms with E-state index in [1.807, 2.05) is 42.5 Å². The molecule has 0 bridgehead atoms. The number of aromatic nitrogens is 2. The monoisotopic (exact) mass is 446 g/mol. The van der Waals surface area contributed by atoms with Crippen molar-refractivity contribution in [2.45, 2.75) is 64.7 Å². The zero-order valence-corrected chi connectivity index (χ0v) is 19.5. The molecule has 0 aliphatic heterocycles. The fourth-order valence-electron chi connectivity index (χ4n) is 4.46. The third-order valence-electron chi connectivity index (χ3n) is 6.46. The largest absolute Gasteiger partial charge is 0.352 e. The lowest BCUT2D eigenvalue weighted by atomic mass is 9.99. The van der Waals surface area contributed by atoms with E-state index in [0.29, 0.717) is 12.1 Å². The maximum absolute atomic E-state index is 12.6. The van der Waals surface area contributed by atoms with Gasteiger partial charge in [0.25, 0.3) is 5.91 Å². The number of unbranched alkanes of at least 4 members (excludes halogenated alkanes) is 2. The Morgan fingerprint density at radius 3 is 2.48 bits per heavy atom. The van der Waals surface area contributed by atoms with Crippen molar-refractivity contribution in [3.05, 3.63) is 48.0 Å². The summed E-state index contributed by atoms with van der Waals surface area (Å²) in [6, 6.07) is 13.3. The molecule has 3 aromatic rings. The minimum Gasteiger partial charge on any atom is -0.352 e. The molecular weight excluding hydrogens is 412 g/mol. The van der Waals surface area contributed by atoms with E-state index in [-0.39, 0.29) is 17.7 Å². The van der Waals surface area contributed by atoms with Gasteiger partial charge in [-0.3, -0.25) is 9.59 Å². The molecule has 3 N–H and O–H groups in total. The second-order valence-electron chi connectivity index (χ2n) is 9.04. The van der Waals surface area contributed by atoms with Gasteiger partial charge in [0.2, 0.25) is 5.91 Å². The van der Waals surface area contributed by atoms with Gasteiger partial charge in [-0.1, -0.05) is 45.4 Å². The number of anilines is 1. The van der Waals surface area contributed by atoms with Gasteiger partial charge in [-0.05, 0) is 61.7 Å². The Bertz CT molecular complexity index is 1080. The van der Waals surface area contributed by atoms with Crippen LogP contribution in [0.4, 0.5) is 5.69 Å². The van der Waals surface area contributed by atoms with Crippen molar-refractivity contribution in [2.24, 2.45) is 5.92 Å². The molecule has 1 aromatic heterocycles. The van der Waals surface area contributed by atoms with E-state index in [1.54, 1.807) is 0 Å². The van der Waals surface area contributed by atoms with Gasteiger partial charge in [-0.15, -0.1) is 0 Å². The number of aromatic amines is 1. The molecule has 1 aliphatic carbocycles. The summed E-state index contributed by atoms with van der Waals surface area (Å²) in [4.78, 5) is 33.0. The Labute approximate surface area is 195 Å². The van der Waals surface area contributed by atoms with Crippen molar-refractivity contribution >= 4 is 28.5 Å². The van der Waals surface area contributed by atoms with Crippen LogP contribution in [0.1, 0.15) is 75.1 Å². The lowest BCUT2D eigenvalue weighted by Gasteiger charge is -2.14. The van der Waals surface area contributed by atoms with Gasteiger partial charge in [0.15, 0.2) is 0 Å². The number of benzene rings is 2. The molecule has 4 rings (SSSR count). The van der Waals surface area contributed by atoms with E-state index in [0.717, 1.165) is 73.1 Å². The number of carbonyl (C=O) groups excluding carboxylic acids is 2. The molecule has 6 heteroatoms. The highest BCUT2D eigenvalue weighted by atomic mass is 16.2.